The molecule has 1 aromatic heterocycles. The van der Waals surface area contributed by atoms with Crippen LogP contribution in [0.4, 0.5) is 0 Å². The summed E-state index contributed by atoms with van der Waals surface area (Å²) in [6.45, 7) is 1.95. The molecule has 88 valence electrons. The monoisotopic (exact) mass is 236 g/mol. The molecular formula is C15H12N2O. The van der Waals surface area contributed by atoms with Gasteiger partial charge in [0.1, 0.15) is 5.75 Å². The average molecular weight is 236 g/mol. The minimum Gasteiger partial charge on any atom is -0.438 e. The summed E-state index contributed by atoms with van der Waals surface area (Å²) in [4.78, 5) is 4.40. The van der Waals surface area contributed by atoms with E-state index in [9.17, 15) is 0 Å². The average Bonchev–Trinajstić information content (AvgIpc) is 2.37. The zero-order valence-electron chi connectivity index (χ0n) is 10.1. The second-order valence-corrected chi connectivity index (χ2v) is 4.47. The number of nitriles is 1. The van der Waals surface area contributed by atoms with Crippen LogP contribution >= 0.6 is 0 Å². The molecule has 0 saturated heterocycles. The number of rotatable bonds is 1. The first kappa shape index (κ1) is 10.8. The van der Waals surface area contributed by atoms with Crippen LogP contribution in [0.3, 0.4) is 0 Å². The SMILES string of the molecule is Cc1ccc2c(n1)Oc1ccc(CC#N)cc1C2. The molecule has 18 heavy (non-hydrogen) atoms. The van der Waals surface area contributed by atoms with Crippen LogP contribution in [0.1, 0.15) is 22.4 Å². The van der Waals surface area contributed by atoms with Gasteiger partial charge in [-0.1, -0.05) is 18.2 Å². The molecule has 1 aliphatic rings. The molecule has 2 heterocycles. The van der Waals surface area contributed by atoms with E-state index in [1.54, 1.807) is 0 Å². The van der Waals surface area contributed by atoms with E-state index in [4.69, 9.17) is 10.00 Å². The Morgan fingerprint density at radius 1 is 1.28 bits per heavy atom. The predicted molar refractivity (Wildman–Crippen MR) is 67.6 cm³/mol. The maximum atomic E-state index is 8.72. The number of fused-ring (bicyclic) bond motifs is 2. The highest BCUT2D eigenvalue weighted by Gasteiger charge is 2.18. The van der Waals surface area contributed by atoms with Gasteiger partial charge in [0, 0.05) is 17.7 Å². The van der Waals surface area contributed by atoms with E-state index in [0.717, 1.165) is 34.6 Å². The highest BCUT2D eigenvalue weighted by atomic mass is 16.5. The summed E-state index contributed by atoms with van der Waals surface area (Å²) in [5.74, 6) is 1.55. The van der Waals surface area contributed by atoms with Gasteiger partial charge in [0.2, 0.25) is 5.88 Å². The first-order valence-electron chi connectivity index (χ1n) is 5.89. The van der Waals surface area contributed by atoms with Crippen molar-refractivity contribution in [1.82, 2.24) is 4.98 Å². The van der Waals surface area contributed by atoms with Gasteiger partial charge in [-0.25, -0.2) is 4.98 Å². The predicted octanol–water partition coefficient (Wildman–Crippen LogP) is 3.15. The van der Waals surface area contributed by atoms with Crippen LogP contribution < -0.4 is 4.74 Å². The number of aromatic nitrogens is 1. The van der Waals surface area contributed by atoms with Gasteiger partial charge < -0.3 is 4.74 Å². The van der Waals surface area contributed by atoms with E-state index in [0.29, 0.717) is 12.3 Å². The number of pyridine rings is 1. The second kappa shape index (κ2) is 4.15. The molecule has 0 amide bonds. The van der Waals surface area contributed by atoms with E-state index in [1.807, 2.05) is 31.2 Å². The lowest BCUT2D eigenvalue weighted by molar-refractivity contribution is 0.439. The van der Waals surface area contributed by atoms with Crippen LogP contribution in [-0.4, -0.2) is 4.98 Å². The van der Waals surface area contributed by atoms with Gasteiger partial charge in [-0.3, -0.25) is 0 Å². The van der Waals surface area contributed by atoms with Crippen molar-refractivity contribution in [2.75, 3.05) is 0 Å². The standard InChI is InChI=1S/C15H12N2O/c1-10-2-4-12-9-13-8-11(6-7-16)3-5-14(13)18-15(12)17-10/h2-5,8H,6,9H2,1H3. The van der Waals surface area contributed by atoms with Gasteiger partial charge in [0.15, 0.2) is 0 Å². The van der Waals surface area contributed by atoms with Crippen molar-refractivity contribution in [2.45, 2.75) is 19.8 Å². The van der Waals surface area contributed by atoms with Crippen molar-refractivity contribution in [3.8, 4) is 17.7 Å². The third-order valence-corrected chi connectivity index (χ3v) is 3.07. The third kappa shape index (κ3) is 1.82. The van der Waals surface area contributed by atoms with E-state index >= 15 is 0 Å². The van der Waals surface area contributed by atoms with Gasteiger partial charge in [-0.15, -0.1) is 0 Å². The van der Waals surface area contributed by atoms with Crippen molar-refractivity contribution in [3.63, 3.8) is 0 Å². The molecule has 0 bridgehead atoms. The fraction of sp³-hybridized carbons (Fsp3) is 0.200. The summed E-state index contributed by atoms with van der Waals surface area (Å²) in [7, 11) is 0. The summed E-state index contributed by atoms with van der Waals surface area (Å²) >= 11 is 0. The molecule has 0 radical (unpaired) electrons. The van der Waals surface area contributed by atoms with Gasteiger partial charge >= 0.3 is 0 Å². The molecule has 0 fully saturated rings. The topological polar surface area (TPSA) is 45.9 Å². The molecule has 0 N–H and O–H groups in total. The van der Waals surface area contributed by atoms with Crippen LogP contribution in [-0.2, 0) is 12.8 Å². The van der Waals surface area contributed by atoms with E-state index in [2.05, 4.69) is 17.1 Å². The highest BCUT2D eigenvalue weighted by molar-refractivity contribution is 5.48. The molecule has 1 aliphatic heterocycles. The van der Waals surface area contributed by atoms with Crippen molar-refractivity contribution in [1.29, 1.82) is 5.26 Å². The highest BCUT2D eigenvalue weighted by Crippen LogP contribution is 2.35. The molecule has 0 atom stereocenters. The maximum absolute atomic E-state index is 8.72. The number of benzene rings is 1. The smallest absolute Gasteiger partial charge is 0.223 e. The molecule has 0 saturated carbocycles. The minimum atomic E-state index is 0.437. The van der Waals surface area contributed by atoms with Crippen LogP contribution in [0.2, 0.25) is 0 Å². The Bertz CT molecular complexity index is 656. The minimum absolute atomic E-state index is 0.437. The Kier molecular flexibility index (Phi) is 2.49. The molecule has 0 unspecified atom stereocenters. The van der Waals surface area contributed by atoms with Crippen LogP contribution in [0.25, 0.3) is 0 Å². The van der Waals surface area contributed by atoms with Gasteiger partial charge in [-0.2, -0.15) is 5.26 Å². The molecule has 0 aliphatic carbocycles. The summed E-state index contributed by atoms with van der Waals surface area (Å²) in [6, 6.07) is 12.1. The van der Waals surface area contributed by atoms with Crippen LogP contribution in [0, 0.1) is 18.3 Å². The summed E-state index contributed by atoms with van der Waals surface area (Å²) in [6.07, 6.45) is 1.25. The normalized spacial score (nSPS) is 12.0. The molecule has 3 rings (SSSR count). The zero-order chi connectivity index (χ0) is 12.5. The Morgan fingerprint density at radius 3 is 3.00 bits per heavy atom. The number of aryl methyl sites for hydroxylation is 1. The van der Waals surface area contributed by atoms with Crippen LogP contribution in [0.15, 0.2) is 30.3 Å². The number of ether oxygens (including phenoxy) is 1. The molecule has 3 nitrogen and oxygen atoms in total. The third-order valence-electron chi connectivity index (χ3n) is 3.07. The summed E-state index contributed by atoms with van der Waals surface area (Å²) < 4.78 is 5.80. The van der Waals surface area contributed by atoms with Crippen molar-refractivity contribution >= 4 is 0 Å². The molecule has 3 heteroatoms. The van der Waals surface area contributed by atoms with Gasteiger partial charge in [0.25, 0.3) is 0 Å². The van der Waals surface area contributed by atoms with Crippen molar-refractivity contribution < 1.29 is 4.74 Å². The number of nitrogens with zero attached hydrogens (tertiary/aromatic N) is 2. The lowest BCUT2D eigenvalue weighted by Crippen LogP contribution is -2.05. The van der Waals surface area contributed by atoms with Crippen molar-refractivity contribution in [3.05, 3.63) is 52.7 Å². The van der Waals surface area contributed by atoms with E-state index < -0.39 is 0 Å². The first-order chi connectivity index (χ1) is 8.76. The zero-order valence-corrected chi connectivity index (χ0v) is 10.1. The van der Waals surface area contributed by atoms with Crippen molar-refractivity contribution in [2.24, 2.45) is 0 Å². The molecule has 1 aromatic carbocycles. The first-order valence-corrected chi connectivity index (χ1v) is 5.89. The fourth-order valence-corrected chi connectivity index (χ4v) is 2.17. The number of hydrogen-bond acceptors (Lipinski definition) is 3. The van der Waals surface area contributed by atoms with Crippen LogP contribution in [0.5, 0.6) is 11.6 Å². The Morgan fingerprint density at radius 2 is 2.17 bits per heavy atom. The largest absolute Gasteiger partial charge is 0.438 e. The fourth-order valence-electron chi connectivity index (χ4n) is 2.17. The van der Waals surface area contributed by atoms with Gasteiger partial charge in [0.05, 0.1) is 12.5 Å². The number of hydrogen-bond donors (Lipinski definition) is 0. The Labute approximate surface area is 106 Å². The second-order valence-electron chi connectivity index (χ2n) is 4.47. The maximum Gasteiger partial charge on any atom is 0.223 e. The molecular weight excluding hydrogens is 224 g/mol. The lowest BCUT2D eigenvalue weighted by atomic mass is 9.99. The quantitative estimate of drug-likeness (QED) is 0.652. The molecule has 2 aromatic rings. The lowest BCUT2D eigenvalue weighted by Gasteiger charge is -2.19. The van der Waals surface area contributed by atoms with Gasteiger partial charge in [-0.05, 0) is 30.2 Å². The van der Waals surface area contributed by atoms with E-state index in [1.165, 1.54) is 0 Å². The summed E-state index contributed by atoms with van der Waals surface area (Å²) in [5, 5.41) is 8.72. The van der Waals surface area contributed by atoms with E-state index in [-0.39, 0.29) is 0 Å². The summed E-state index contributed by atoms with van der Waals surface area (Å²) in [5.41, 5.74) is 4.21. The Hall–Kier alpha value is -2.34. The Balaban J connectivity index is 2.00. The molecule has 0 spiro atoms.